The summed E-state index contributed by atoms with van der Waals surface area (Å²) in [6.07, 6.45) is 5.74. The van der Waals surface area contributed by atoms with Gasteiger partial charge < -0.3 is 4.90 Å². The van der Waals surface area contributed by atoms with Gasteiger partial charge in [0.2, 0.25) is 15.9 Å². The van der Waals surface area contributed by atoms with E-state index in [4.69, 9.17) is 0 Å². The highest BCUT2D eigenvalue weighted by Crippen LogP contribution is 2.30. The molecule has 0 N–H and O–H groups in total. The Morgan fingerprint density at radius 1 is 1.11 bits per heavy atom. The lowest BCUT2D eigenvalue weighted by molar-refractivity contribution is -0.141. The van der Waals surface area contributed by atoms with Crippen molar-refractivity contribution in [2.75, 3.05) is 13.1 Å². The van der Waals surface area contributed by atoms with E-state index in [0.717, 1.165) is 37.8 Å². The Bertz CT molecular complexity index is 758. The molecule has 0 radical (unpaired) electrons. The van der Waals surface area contributed by atoms with Crippen molar-refractivity contribution in [3.63, 3.8) is 0 Å². The zero-order valence-corrected chi connectivity index (χ0v) is 16.9. The van der Waals surface area contributed by atoms with Crippen molar-refractivity contribution < 1.29 is 17.6 Å². The summed E-state index contributed by atoms with van der Waals surface area (Å²) in [6, 6.07) is 5.27. The van der Waals surface area contributed by atoms with Crippen LogP contribution in [0.15, 0.2) is 29.2 Å². The second kappa shape index (κ2) is 8.27. The summed E-state index contributed by atoms with van der Waals surface area (Å²) in [5.74, 6) is -0.697. The second-order valence-corrected chi connectivity index (χ2v) is 9.87. The molecule has 2 fully saturated rings. The SMILES string of the molecule is CC(C)N(C(=O)C1CCCN(S(=O)(=O)c2ccc(F)cc2)C1)C1CCCC1. The van der Waals surface area contributed by atoms with Crippen molar-refractivity contribution in [3.05, 3.63) is 30.1 Å². The van der Waals surface area contributed by atoms with Crippen LogP contribution in [0, 0.1) is 11.7 Å². The summed E-state index contributed by atoms with van der Waals surface area (Å²) >= 11 is 0. The molecule has 1 amide bonds. The summed E-state index contributed by atoms with van der Waals surface area (Å²) < 4.78 is 40.3. The molecule has 0 spiro atoms. The van der Waals surface area contributed by atoms with Crippen LogP contribution in [0.1, 0.15) is 52.4 Å². The van der Waals surface area contributed by atoms with Crippen molar-refractivity contribution >= 4 is 15.9 Å². The molecule has 1 saturated heterocycles. The number of halogens is 1. The Balaban J connectivity index is 1.76. The number of nitrogens with zero attached hydrogens (tertiary/aromatic N) is 2. The van der Waals surface area contributed by atoms with E-state index in [2.05, 4.69) is 0 Å². The van der Waals surface area contributed by atoms with Gasteiger partial charge in [-0.15, -0.1) is 0 Å². The van der Waals surface area contributed by atoms with Crippen LogP contribution in [0.3, 0.4) is 0 Å². The van der Waals surface area contributed by atoms with Gasteiger partial charge in [0.25, 0.3) is 0 Å². The van der Waals surface area contributed by atoms with Gasteiger partial charge in [-0.1, -0.05) is 12.8 Å². The molecule has 0 bridgehead atoms. The summed E-state index contributed by atoms with van der Waals surface area (Å²) in [4.78, 5) is 15.3. The zero-order valence-electron chi connectivity index (χ0n) is 16.1. The fourth-order valence-electron chi connectivity index (χ4n) is 4.37. The highest BCUT2D eigenvalue weighted by atomic mass is 32.2. The highest BCUT2D eigenvalue weighted by Gasteiger charge is 2.38. The normalized spacial score (nSPS) is 22.3. The minimum absolute atomic E-state index is 0.0773. The van der Waals surface area contributed by atoms with Crippen LogP contribution in [0.25, 0.3) is 0 Å². The van der Waals surface area contributed by atoms with E-state index in [1.54, 1.807) is 0 Å². The number of amides is 1. The van der Waals surface area contributed by atoms with E-state index in [-0.39, 0.29) is 35.3 Å². The third-order valence-corrected chi connectivity index (χ3v) is 7.59. The van der Waals surface area contributed by atoms with Crippen molar-refractivity contribution in [2.24, 2.45) is 5.92 Å². The molecular weight excluding hydrogens is 367 g/mol. The maximum Gasteiger partial charge on any atom is 0.243 e. The van der Waals surface area contributed by atoms with Crippen LogP contribution in [0.4, 0.5) is 4.39 Å². The first-order valence-electron chi connectivity index (χ1n) is 9.88. The molecule has 7 heteroatoms. The zero-order chi connectivity index (χ0) is 19.6. The molecule has 1 heterocycles. The minimum atomic E-state index is -3.71. The van der Waals surface area contributed by atoms with Gasteiger partial charge in [-0.3, -0.25) is 4.79 Å². The molecular formula is C20H29FN2O3S. The Morgan fingerprint density at radius 2 is 1.74 bits per heavy atom. The van der Waals surface area contributed by atoms with Crippen LogP contribution in [0.2, 0.25) is 0 Å². The minimum Gasteiger partial charge on any atom is -0.337 e. The third-order valence-electron chi connectivity index (χ3n) is 5.71. The number of carbonyl (C=O) groups excluding carboxylic acids is 1. The van der Waals surface area contributed by atoms with Gasteiger partial charge in [-0.2, -0.15) is 4.31 Å². The van der Waals surface area contributed by atoms with Crippen LogP contribution >= 0.6 is 0 Å². The van der Waals surface area contributed by atoms with E-state index in [1.807, 2.05) is 18.7 Å². The van der Waals surface area contributed by atoms with Gasteiger partial charge in [0.1, 0.15) is 5.82 Å². The van der Waals surface area contributed by atoms with Crippen molar-refractivity contribution in [2.45, 2.75) is 69.4 Å². The molecule has 3 rings (SSSR count). The summed E-state index contributed by atoms with van der Waals surface area (Å²) in [6.45, 7) is 4.67. The predicted molar refractivity (Wildman–Crippen MR) is 102 cm³/mol. The molecule has 0 aromatic heterocycles. The summed E-state index contributed by atoms with van der Waals surface area (Å²) in [5.41, 5.74) is 0. The van der Waals surface area contributed by atoms with Gasteiger partial charge in [0.15, 0.2) is 0 Å². The quantitative estimate of drug-likeness (QED) is 0.766. The topological polar surface area (TPSA) is 57.7 Å². The molecule has 1 aromatic rings. The molecule has 1 atom stereocenters. The smallest absolute Gasteiger partial charge is 0.243 e. The molecule has 150 valence electrons. The standard InChI is InChI=1S/C20H29FN2O3S/c1-15(2)23(18-7-3-4-8-18)20(24)16-6-5-13-22(14-16)27(25,26)19-11-9-17(21)10-12-19/h9-12,15-16,18H,3-8,13-14H2,1-2H3. The fraction of sp³-hybridized carbons (Fsp3) is 0.650. The van der Waals surface area contributed by atoms with E-state index in [0.29, 0.717) is 19.4 Å². The molecule has 5 nitrogen and oxygen atoms in total. The maximum atomic E-state index is 13.2. The van der Waals surface area contributed by atoms with Gasteiger partial charge in [-0.05, 0) is 63.8 Å². The lowest BCUT2D eigenvalue weighted by Gasteiger charge is -2.38. The number of hydrogen-bond donors (Lipinski definition) is 0. The Morgan fingerprint density at radius 3 is 2.33 bits per heavy atom. The Kier molecular flexibility index (Phi) is 6.21. The van der Waals surface area contributed by atoms with E-state index in [9.17, 15) is 17.6 Å². The molecule has 1 aliphatic carbocycles. The van der Waals surface area contributed by atoms with E-state index >= 15 is 0 Å². The number of sulfonamides is 1. The average molecular weight is 397 g/mol. The van der Waals surface area contributed by atoms with E-state index in [1.165, 1.54) is 16.4 Å². The van der Waals surface area contributed by atoms with Crippen molar-refractivity contribution in [1.82, 2.24) is 9.21 Å². The van der Waals surface area contributed by atoms with Gasteiger partial charge >= 0.3 is 0 Å². The summed E-state index contributed by atoms with van der Waals surface area (Å²) in [5, 5.41) is 0. The molecule has 27 heavy (non-hydrogen) atoms. The first-order chi connectivity index (χ1) is 12.8. The van der Waals surface area contributed by atoms with Crippen LogP contribution in [-0.2, 0) is 14.8 Å². The maximum absolute atomic E-state index is 13.2. The molecule has 1 aromatic carbocycles. The average Bonchev–Trinajstić information content (AvgIpc) is 3.16. The number of benzene rings is 1. The van der Waals surface area contributed by atoms with Gasteiger partial charge in [0, 0.05) is 25.2 Å². The summed E-state index contributed by atoms with van der Waals surface area (Å²) in [7, 11) is -3.71. The Labute approximate surface area is 161 Å². The predicted octanol–water partition coefficient (Wildman–Crippen LogP) is 3.41. The lowest BCUT2D eigenvalue weighted by Crippen LogP contribution is -2.51. The van der Waals surface area contributed by atoms with Crippen molar-refractivity contribution in [3.8, 4) is 0 Å². The Hall–Kier alpha value is -1.47. The lowest BCUT2D eigenvalue weighted by atomic mass is 9.96. The fourth-order valence-corrected chi connectivity index (χ4v) is 5.89. The molecule has 1 unspecified atom stereocenters. The van der Waals surface area contributed by atoms with Crippen LogP contribution < -0.4 is 0 Å². The molecule has 1 saturated carbocycles. The monoisotopic (exact) mass is 396 g/mol. The highest BCUT2D eigenvalue weighted by molar-refractivity contribution is 7.89. The van der Waals surface area contributed by atoms with Crippen LogP contribution in [0.5, 0.6) is 0 Å². The first kappa shape index (κ1) is 20.3. The number of hydrogen-bond acceptors (Lipinski definition) is 3. The number of piperidine rings is 1. The van der Waals surface area contributed by atoms with E-state index < -0.39 is 15.8 Å². The third kappa shape index (κ3) is 4.35. The van der Waals surface area contributed by atoms with Gasteiger partial charge in [0.05, 0.1) is 10.8 Å². The number of carbonyl (C=O) groups is 1. The molecule has 1 aliphatic heterocycles. The largest absolute Gasteiger partial charge is 0.337 e. The first-order valence-corrected chi connectivity index (χ1v) is 11.3. The van der Waals surface area contributed by atoms with Crippen molar-refractivity contribution in [1.29, 1.82) is 0 Å². The number of rotatable bonds is 5. The van der Waals surface area contributed by atoms with Gasteiger partial charge in [-0.25, -0.2) is 12.8 Å². The van der Waals surface area contributed by atoms with Crippen LogP contribution in [-0.4, -0.2) is 48.7 Å². The molecule has 2 aliphatic rings. The second-order valence-electron chi connectivity index (χ2n) is 7.93.